The number of halogens is 1. The van der Waals surface area contributed by atoms with Crippen molar-refractivity contribution in [1.82, 2.24) is 20.4 Å². The zero-order valence-corrected chi connectivity index (χ0v) is 22.0. The lowest BCUT2D eigenvalue weighted by atomic mass is 10.1. The second-order valence-corrected chi connectivity index (χ2v) is 8.09. The van der Waals surface area contributed by atoms with Crippen molar-refractivity contribution in [3.05, 3.63) is 70.8 Å². The lowest BCUT2D eigenvalue weighted by Gasteiger charge is -2.27. The molecule has 1 aliphatic heterocycles. The van der Waals surface area contributed by atoms with Crippen molar-refractivity contribution in [3.63, 3.8) is 0 Å². The van der Waals surface area contributed by atoms with Gasteiger partial charge < -0.3 is 20.3 Å². The van der Waals surface area contributed by atoms with Crippen molar-refractivity contribution < 1.29 is 4.74 Å². The lowest BCUT2D eigenvalue weighted by molar-refractivity contribution is 0.0341. The minimum absolute atomic E-state index is 0. The van der Waals surface area contributed by atoms with Gasteiger partial charge in [0, 0.05) is 46.3 Å². The van der Waals surface area contributed by atoms with Crippen molar-refractivity contribution in [1.29, 1.82) is 0 Å². The highest BCUT2D eigenvalue weighted by atomic mass is 127. The van der Waals surface area contributed by atoms with E-state index in [1.54, 1.807) is 0 Å². The Hall–Kier alpha value is -1.68. The van der Waals surface area contributed by atoms with E-state index >= 15 is 0 Å². The van der Waals surface area contributed by atoms with Gasteiger partial charge in [-0.05, 0) is 35.8 Å². The van der Waals surface area contributed by atoms with Gasteiger partial charge in [-0.1, -0.05) is 55.5 Å². The summed E-state index contributed by atoms with van der Waals surface area (Å²) in [5, 5.41) is 6.93. The third-order valence-corrected chi connectivity index (χ3v) is 5.73. The van der Waals surface area contributed by atoms with Crippen LogP contribution >= 0.6 is 24.0 Å². The van der Waals surface area contributed by atoms with Crippen LogP contribution in [0.5, 0.6) is 0 Å². The predicted molar refractivity (Wildman–Crippen MR) is 143 cm³/mol. The maximum absolute atomic E-state index is 5.48. The summed E-state index contributed by atoms with van der Waals surface area (Å²) in [6, 6.07) is 17.4. The second-order valence-electron chi connectivity index (χ2n) is 8.09. The Bertz CT molecular complexity index is 839. The largest absolute Gasteiger partial charge is 0.379 e. The molecule has 0 aromatic heterocycles. The van der Waals surface area contributed by atoms with E-state index in [0.29, 0.717) is 0 Å². The molecule has 2 aromatic carbocycles. The second kappa shape index (κ2) is 14.5. The lowest BCUT2D eigenvalue weighted by Crippen LogP contribution is -2.37. The molecule has 2 N–H and O–H groups in total. The topological polar surface area (TPSA) is 52.1 Å². The van der Waals surface area contributed by atoms with E-state index in [-0.39, 0.29) is 24.0 Å². The molecule has 0 atom stereocenters. The van der Waals surface area contributed by atoms with Crippen LogP contribution < -0.4 is 10.6 Å². The molecule has 0 spiro atoms. The van der Waals surface area contributed by atoms with Crippen LogP contribution in [0.4, 0.5) is 0 Å². The Morgan fingerprint density at radius 1 is 1.00 bits per heavy atom. The van der Waals surface area contributed by atoms with Gasteiger partial charge in [-0.25, -0.2) is 0 Å². The van der Waals surface area contributed by atoms with Crippen LogP contribution in [0.1, 0.15) is 29.2 Å². The van der Waals surface area contributed by atoms with Crippen LogP contribution in [0.15, 0.2) is 53.5 Å². The van der Waals surface area contributed by atoms with Gasteiger partial charge >= 0.3 is 0 Å². The van der Waals surface area contributed by atoms with Gasteiger partial charge in [-0.15, -0.1) is 24.0 Å². The first-order valence-corrected chi connectivity index (χ1v) is 11.3. The van der Waals surface area contributed by atoms with Crippen molar-refractivity contribution in [2.24, 2.45) is 4.99 Å². The number of nitrogens with one attached hydrogen (secondary N) is 2. The fourth-order valence-electron chi connectivity index (χ4n) is 3.73. The molecule has 0 bridgehead atoms. The molecule has 1 heterocycles. The number of rotatable bonds is 9. The Morgan fingerprint density at radius 2 is 1.69 bits per heavy atom. The van der Waals surface area contributed by atoms with Gasteiger partial charge in [0.05, 0.1) is 13.2 Å². The summed E-state index contributed by atoms with van der Waals surface area (Å²) in [6.45, 7) is 10.3. The summed E-state index contributed by atoms with van der Waals surface area (Å²) in [7, 11) is 3.97. The normalized spacial score (nSPS) is 14.8. The summed E-state index contributed by atoms with van der Waals surface area (Å²) >= 11 is 0. The van der Waals surface area contributed by atoms with E-state index in [1.807, 2.05) is 7.05 Å². The predicted octanol–water partition coefficient (Wildman–Crippen LogP) is 3.45. The van der Waals surface area contributed by atoms with Crippen molar-refractivity contribution in [3.8, 4) is 0 Å². The number of guanidine groups is 1. The first-order valence-electron chi connectivity index (χ1n) is 11.3. The van der Waals surface area contributed by atoms with Gasteiger partial charge in [0.15, 0.2) is 5.96 Å². The third kappa shape index (κ3) is 8.69. The number of ether oxygens (including phenoxy) is 1. The van der Waals surface area contributed by atoms with Gasteiger partial charge in [0.2, 0.25) is 0 Å². The quantitative estimate of drug-likeness (QED) is 0.284. The number of hydrogen-bond donors (Lipinski definition) is 2. The summed E-state index contributed by atoms with van der Waals surface area (Å²) in [4.78, 5) is 9.17. The molecule has 1 saturated heterocycles. The molecule has 0 aliphatic carbocycles. The number of hydrogen-bond acceptors (Lipinski definition) is 4. The average Bonchev–Trinajstić information content (AvgIpc) is 2.81. The zero-order chi connectivity index (χ0) is 21.9. The van der Waals surface area contributed by atoms with E-state index in [9.17, 15) is 0 Å². The molecule has 7 heteroatoms. The summed E-state index contributed by atoms with van der Waals surface area (Å²) in [6.07, 6.45) is 0. The molecular formula is C25H38IN5O. The molecule has 1 fully saturated rings. The van der Waals surface area contributed by atoms with Gasteiger partial charge in [-0.2, -0.15) is 0 Å². The Morgan fingerprint density at radius 3 is 2.41 bits per heavy atom. The first kappa shape index (κ1) is 26.6. The van der Waals surface area contributed by atoms with Crippen molar-refractivity contribution >= 4 is 29.9 Å². The Balaban J connectivity index is 0.00000363. The summed E-state index contributed by atoms with van der Waals surface area (Å²) < 4.78 is 5.48. The highest BCUT2D eigenvalue weighted by Crippen LogP contribution is 2.13. The molecule has 2 aromatic rings. The van der Waals surface area contributed by atoms with E-state index in [0.717, 1.165) is 65.0 Å². The molecule has 3 rings (SSSR count). The molecule has 0 saturated carbocycles. The molecule has 32 heavy (non-hydrogen) atoms. The van der Waals surface area contributed by atoms with Gasteiger partial charge in [0.1, 0.15) is 0 Å². The third-order valence-electron chi connectivity index (χ3n) is 5.73. The molecule has 176 valence electrons. The van der Waals surface area contributed by atoms with Gasteiger partial charge in [-0.3, -0.25) is 9.89 Å². The van der Waals surface area contributed by atoms with Crippen LogP contribution in [0.25, 0.3) is 0 Å². The minimum atomic E-state index is 0. The van der Waals surface area contributed by atoms with Crippen LogP contribution in [0.3, 0.4) is 0 Å². The molecule has 6 nitrogen and oxygen atoms in total. The highest BCUT2D eigenvalue weighted by Gasteiger charge is 2.12. The summed E-state index contributed by atoms with van der Waals surface area (Å²) in [5.74, 6) is 0.817. The van der Waals surface area contributed by atoms with E-state index in [2.05, 4.69) is 87.9 Å². The molecule has 1 aliphatic rings. The zero-order valence-electron chi connectivity index (χ0n) is 19.6. The van der Waals surface area contributed by atoms with Crippen LogP contribution in [0, 0.1) is 0 Å². The first-order chi connectivity index (χ1) is 15.2. The van der Waals surface area contributed by atoms with Crippen LogP contribution in [0.2, 0.25) is 0 Å². The van der Waals surface area contributed by atoms with Crippen LogP contribution in [-0.2, 0) is 30.9 Å². The standard InChI is InChI=1S/C25H37N5O.HI/c1-4-29(3)19-22-9-7-8-21(16-22)17-27-25(26-2)28-18-23-10-5-6-11-24(23)20-30-12-14-31-15-13-30;/h5-11,16H,4,12-15,17-20H2,1-3H3,(H2,26,27,28);1H. The minimum Gasteiger partial charge on any atom is -0.379 e. The van der Waals surface area contributed by atoms with Crippen molar-refractivity contribution in [2.45, 2.75) is 33.1 Å². The Labute approximate surface area is 210 Å². The number of morpholine rings is 1. The van der Waals surface area contributed by atoms with E-state index < -0.39 is 0 Å². The number of nitrogens with zero attached hydrogens (tertiary/aromatic N) is 3. The van der Waals surface area contributed by atoms with E-state index in [4.69, 9.17) is 4.74 Å². The molecule has 0 radical (unpaired) electrons. The smallest absolute Gasteiger partial charge is 0.191 e. The summed E-state index contributed by atoms with van der Waals surface area (Å²) in [5.41, 5.74) is 5.27. The molecule has 0 amide bonds. The Kier molecular flexibility index (Phi) is 12.0. The molecule has 0 unspecified atom stereocenters. The number of benzene rings is 2. The fraction of sp³-hybridized carbons (Fsp3) is 0.480. The molecular weight excluding hydrogens is 513 g/mol. The maximum atomic E-state index is 5.48. The maximum Gasteiger partial charge on any atom is 0.191 e. The van der Waals surface area contributed by atoms with Gasteiger partial charge in [0.25, 0.3) is 0 Å². The van der Waals surface area contributed by atoms with Crippen molar-refractivity contribution in [2.75, 3.05) is 46.9 Å². The SMILES string of the molecule is CCN(C)Cc1cccc(CNC(=NC)NCc2ccccc2CN2CCOCC2)c1.I. The average molecular weight is 552 g/mol. The van der Waals surface area contributed by atoms with E-state index in [1.165, 1.54) is 22.3 Å². The van der Waals surface area contributed by atoms with Crippen LogP contribution in [-0.4, -0.2) is 62.7 Å². The highest BCUT2D eigenvalue weighted by molar-refractivity contribution is 14.0. The number of aliphatic imine (C=N–C) groups is 1. The monoisotopic (exact) mass is 551 g/mol. The fourth-order valence-corrected chi connectivity index (χ4v) is 3.73.